The number of amides is 1. The first-order valence-corrected chi connectivity index (χ1v) is 6.18. The fraction of sp³-hybridized carbons (Fsp3) is 0.250. The Labute approximate surface area is 119 Å². The number of nitrogens with one attached hydrogen (secondary N) is 1. The average molecular weight is 287 g/mol. The fourth-order valence-electron chi connectivity index (χ4n) is 1.95. The molecule has 108 valence electrons. The molecule has 0 saturated carbocycles. The third-order valence-electron chi connectivity index (χ3n) is 2.92. The predicted octanol–water partition coefficient (Wildman–Crippen LogP) is 0.764. The van der Waals surface area contributed by atoms with Gasteiger partial charge in [0, 0.05) is 20.3 Å². The van der Waals surface area contributed by atoms with Gasteiger partial charge in [-0.2, -0.15) is 10.2 Å². The molecule has 0 fully saturated rings. The molecule has 1 N–H and O–H groups in total. The molecule has 0 aromatic carbocycles. The van der Waals surface area contributed by atoms with Crippen molar-refractivity contribution in [3.63, 3.8) is 0 Å². The van der Waals surface area contributed by atoms with Crippen LogP contribution in [-0.4, -0.2) is 35.7 Å². The number of hydrogen-bond donors (Lipinski definition) is 1. The van der Waals surface area contributed by atoms with E-state index >= 15 is 0 Å². The minimum Gasteiger partial charge on any atom is -0.401 e. The topological polar surface area (TPSA) is 104 Å². The fourth-order valence-corrected chi connectivity index (χ4v) is 1.95. The van der Waals surface area contributed by atoms with Crippen molar-refractivity contribution in [3.05, 3.63) is 29.7 Å². The normalized spacial score (nSPS) is 10.8. The Balaban J connectivity index is 1.80. The zero-order valence-corrected chi connectivity index (χ0v) is 11.7. The van der Waals surface area contributed by atoms with Crippen LogP contribution >= 0.6 is 0 Å². The lowest BCUT2D eigenvalue weighted by Crippen LogP contribution is -2.16. The molecule has 0 saturated heterocycles. The van der Waals surface area contributed by atoms with Crippen LogP contribution in [0, 0.1) is 6.92 Å². The van der Waals surface area contributed by atoms with Gasteiger partial charge >= 0.3 is 6.01 Å². The molecule has 3 aromatic heterocycles. The van der Waals surface area contributed by atoms with Gasteiger partial charge in [0.05, 0.1) is 5.69 Å². The van der Waals surface area contributed by atoms with Crippen LogP contribution in [-0.2, 0) is 14.1 Å². The van der Waals surface area contributed by atoms with E-state index in [0.29, 0.717) is 11.4 Å². The number of aromatic nitrogens is 6. The Morgan fingerprint density at radius 3 is 2.71 bits per heavy atom. The molecule has 0 aliphatic heterocycles. The van der Waals surface area contributed by atoms with Crippen molar-refractivity contribution in [2.45, 2.75) is 6.92 Å². The van der Waals surface area contributed by atoms with Crippen LogP contribution in [0.15, 0.2) is 22.7 Å². The van der Waals surface area contributed by atoms with Crippen LogP contribution in [0.5, 0.6) is 0 Å². The summed E-state index contributed by atoms with van der Waals surface area (Å²) in [6.45, 7) is 1.81. The van der Waals surface area contributed by atoms with Crippen LogP contribution in [0.25, 0.3) is 11.6 Å². The molecule has 3 aromatic rings. The molecule has 0 spiro atoms. The number of nitrogens with zero attached hydrogens (tertiary/aromatic N) is 6. The number of rotatable bonds is 3. The molecule has 1 amide bonds. The van der Waals surface area contributed by atoms with Gasteiger partial charge in [0.15, 0.2) is 0 Å². The van der Waals surface area contributed by atoms with Crippen molar-refractivity contribution in [2.24, 2.45) is 14.1 Å². The summed E-state index contributed by atoms with van der Waals surface area (Å²) < 4.78 is 8.49. The summed E-state index contributed by atoms with van der Waals surface area (Å²) >= 11 is 0. The molecule has 21 heavy (non-hydrogen) atoms. The van der Waals surface area contributed by atoms with Crippen LogP contribution in [0.3, 0.4) is 0 Å². The summed E-state index contributed by atoms with van der Waals surface area (Å²) in [6.07, 6.45) is 1.62. The first-order chi connectivity index (χ1) is 10.0. The van der Waals surface area contributed by atoms with Gasteiger partial charge in [-0.3, -0.25) is 19.5 Å². The van der Waals surface area contributed by atoms with Gasteiger partial charge in [-0.1, -0.05) is 5.10 Å². The highest BCUT2D eigenvalue weighted by molar-refractivity contribution is 6.01. The number of carbonyl (C=O) groups is 1. The highest BCUT2D eigenvalue weighted by Gasteiger charge is 2.17. The number of aryl methyl sites for hydroxylation is 3. The molecule has 0 bridgehead atoms. The Morgan fingerprint density at radius 1 is 1.29 bits per heavy atom. The zero-order valence-electron chi connectivity index (χ0n) is 11.7. The van der Waals surface area contributed by atoms with E-state index in [1.54, 1.807) is 37.1 Å². The molecule has 0 atom stereocenters. The van der Waals surface area contributed by atoms with Gasteiger partial charge in [0.2, 0.25) is 0 Å². The molecule has 9 nitrogen and oxygen atoms in total. The van der Waals surface area contributed by atoms with E-state index in [0.717, 1.165) is 5.69 Å². The lowest BCUT2D eigenvalue weighted by Gasteiger charge is -2.00. The lowest BCUT2D eigenvalue weighted by atomic mass is 10.3. The molecule has 3 rings (SSSR count). The molecule has 0 aliphatic rings. The van der Waals surface area contributed by atoms with Crippen LogP contribution in [0.2, 0.25) is 0 Å². The van der Waals surface area contributed by atoms with Crippen molar-refractivity contribution in [3.8, 4) is 11.6 Å². The minimum atomic E-state index is -0.363. The maximum Gasteiger partial charge on any atom is 0.322 e. The van der Waals surface area contributed by atoms with Gasteiger partial charge in [-0.05, 0) is 19.1 Å². The zero-order chi connectivity index (χ0) is 15.0. The van der Waals surface area contributed by atoms with Crippen LogP contribution < -0.4 is 5.32 Å². The second kappa shape index (κ2) is 4.85. The summed E-state index contributed by atoms with van der Waals surface area (Å²) in [7, 11) is 3.45. The highest BCUT2D eigenvalue weighted by Crippen LogP contribution is 2.18. The Kier molecular flexibility index (Phi) is 3.01. The van der Waals surface area contributed by atoms with Crippen LogP contribution in [0.4, 0.5) is 6.01 Å². The third-order valence-corrected chi connectivity index (χ3v) is 2.92. The van der Waals surface area contributed by atoms with Crippen molar-refractivity contribution < 1.29 is 9.21 Å². The second-order valence-electron chi connectivity index (χ2n) is 4.50. The van der Waals surface area contributed by atoms with Crippen molar-refractivity contribution in [1.29, 1.82) is 0 Å². The summed E-state index contributed by atoms with van der Waals surface area (Å²) in [6, 6.07) is 3.44. The highest BCUT2D eigenvalue weighted by atomic mass is 16.4. The maximum atomic E-state index is 12.1. The summed E-state index contributed by atoms with van der Waals surface area (Å²) in [4.78, 5) is 12.1. The standard InChI is InChI=1S/C12H13N7O2/c1-7-6-9(19(3)17-7)10(20)14-12-16-15-11(21-12)8-4-5-13-18(8)2/h4-6H,1-3H3,(H,14,16,20). The summed E-state index contributed by atoms with van der Waals surface area (Å²) in [5.41, 5.74) is 1.83. The van der Waals surface area contributed by atoms with E-state index in [1.165, 1.54) is 4.68 Å². The van der Waals surface area contributed by atoms with E-state index in [-0.39, 0.29) is 17.8 Å². The van der Waals surface area contributed by atoms with Crippen molar-refractivity contribution >= 4 is 11.9 Å². The number of carbonyl (C=O) groups excluding carboxylic acids is 1. The number of anilines is 1. The molecular weight excluding hydrogens is 274 g/mol. The Morgan fingerprint density at radius 2 is 2.10 bits per heavy atom. The molecule has 9 heteroatoms. The van der Waals surface area contributed by atoms with Gasteiger partial charge in [-0.25, -0.2) is 0 Å². The van der Waals surface area contributed by atoms with E-state index in [4.69, 9.17) is 4.42 Å². The monoisotopic (exact) mass is 287 g/mol. The minimum absolute atomic E-state index is 0.0232. The largest absolute Gasteiger partial charge is 0.401 e. The van der Waals surface area contributed by atoms with Crippen molar-refractivity contribution in [2.75, 3.05) is 5.32 Å². The molecular formula is C12H13N7O2. The van der Waals surface area contributed by atoms with E-state index in [9.17, 15) is 4.79 Å². The summed E-state index contributed by atoms with van der Waals surface area (Å²) in [5, 5.41) is 18.3. The van der Waals surface area contributed by atoms with Crippen LogP contribution in [0.1, 0.15) is 16.2 Å². The van der Waals surface area contributed by atoms with Gasteiger partial charge < -0.3 is 4.42 Å². The molecule has 0 radical (unpaired) electrons. The van der Waals surface area contributed by atoms with Crippen molar-refractivity contribution in [1.82, 2.24) is 29.8 Å². The first kappa shape index (κ1) is 13.0. The predicted molar refractivity (Wildman–Crippen MR) is 72.4 cm³/mol. The third kappa shape index (κ3) is 2.40. The maximum absolute atomic E-state index is 12.1. The van der Waals surface area contributed by atoms with Gasteiger partial charge in [0.25, 0.3) is 11.8 Å². The summed E-state index contributed by atoms with van der Waals surface area (Å²) in [5.74, 6) is -0.0789. The van der Waals surface area contributed by atoms with E-state index in [2.05, 4.69) is 25.7 Å². The SMILES string of the molecule is Cc1cc(C(=O)Nc2nnc(-c3ccnn3C)o2)n(C)n1. The van der Waals surface area contributed by atoms with Gasteiger partial charge in [0.1, 0.15) is 11.4 Å². The first-order valence-electron chi connectivity index (χ1n) is 6.18. The van der Waals surface area contributed by atoms with E-state index in [1.807, 2.05) is 6.92 Å². The smallest absolute Gasteiger partial charge is 0.322 e. The quantitative estimate of drug-likeness (QED) is 0.762. The number of hydrogen-bond acceptors (Lipinski definition) is 6. The van der Waals surface area contributed by atoms with E-state index < -0.39 is 0 Å². The van der Waals surface area contributed by atoms with Gasteiger partial charge in [-0.15, -0.1) is 5.10 Å². The molecule has 0 aliphatic carbocycles. The second-order valence-corrected chi connectivity index (χ2v) is 4.50. The average Bonchev–Trinajstić information content (AvgIpc) is 3.10. The lowest BCUT2D eigenvalue weighted by molar-refractivity contribution is 0.101. The molecule has 3 heterocycles. The Bertz CT molecular complexity index is 798. The molecule has 0 unspecified atom stereocenters. The Hall–Kier alpha value is -2.97.